The van der Waals surface area contributed by atoms with Crippen LogP contribution in [0.1, 0.15) is 32.8 Å². The first-order chi connectivity index (χ1) is 8.90. The molecule has 1 aromatic heterocycles. The van der Waals surface area contributed by atoms with E-state index in [4.69, 9.17) is 4.74 Å². The van der Waals surface area contributed by atoms with Crippen LogP contribution in [-0.2, 0) is 11.3 Å². The highest BCUT2D eigenvalue weighted by molar-refractivity contribution is 5.78. The molecule has 0 saturated carbocycles. The normalized spacial score (nSPS) is 11.8. The lowest BCUT2D eigenvalue weighted by atomic mass is 10.2. The first kappa shape index (κ1) is 15.2. The zero-order chi connectivity index (χ0) is 14.3. The Balaban J connectivity index is 2.21. The average Bonchev–Trinajstić information content (AvgIpc) is 2.70. The summed E-state index contributed by atoms with van der Waals surface area (Å²) in [6.45, 7) is 6.83. The molecule has 0 aliphatic heterocycles. The molecule has 0 radical (unpaired) electrons. The van der Waals surface area contributed by atoms with Gasteiger partial charge < -0.3 is 10.1 Å². The number of nitrogens with zero attached hydrogens (tertiary/aromatic N) is 3. The van der Waals surface area contributed by atoms with Crippen LogP contribution in [0.25, 0.3) is 0 Å². The molecule has 0 aromatic carbocycles. The number of ether oxygens (including phenoxy) is 1. The van der Waals surface area contributed by atoms with E-state index in [0.717, 1.165) is 18.5 Å². The molecule has 0 fully saturated rings. The third-order valence-electron chi connectivity index (χ3n) is 2.16. The molecule has 1 aromatic rings. The number of hydrogen-bond acceptors (Lipinski definition) is 4. The molecule has 0 aliphatic carbocycles. The van der Waals surface area contributed by atoms with Gasteiger partial charge in [0, 0.05) is 38.1 Å². The summed E-state index contributed by atoms with van der Waals surface area (Å²) in [4.78, 5) is 15.3. The predicted octanol–water partition coefficient (Wildman–Crippen LogP) is 1.85. The van der Waals surface area contributed by atoms with Crippen molar-refractivity contribution in [1.29, 1.82) is 0 Å². The fraction of sp³-hybridized carbons (Fsp3) is 0.615. The molecule has 0 spiro atoms. The van der Waals surface area contributed by atoms with Gasteiger partial charge in [-0.3, -0.25) is 9.67 Å². The molecule has 0 aliphatic rings. The van der Waals surface area contributed by atoms with Crippen LogP contribution < -0.4 is 5.32 Å². The summed E-state index contributed by atoms with van der Waals surface area (Å²) >= 11 is 0. The van der Waals surface area contributed by atoms with Crippen LogP contribution in [0, 0.1) is 0 Å². The third kappa shape index (κ3) is 6.59. The van der Waals surface area contributed by atoms with Gasteiger partial charge in [0.1, 0.15) is 5.60 Å². The molecule has 1 heterocycles. The van der Waals surface area contributed by atoms with Gasteiger partial charge >= 0.3 is 6.09 Å². The molecule has 0 saturated heterocycles. The topological polar surface area (TPSA) is 68.5 Å². The van der Waals surface area contributed by atoms with E-state index in [1.807, 2.05) is 31.6 Å². The summed E-state index contributed by atoms with van der Waals surface area (Å²) in [5.74, 6) is 0. The molecular weight excluding hydrogens is 244 g/mol. The number of aryl methyl sites for hydroxylation is 1. The van der Waals surface area contributed by atoms with Crippen LogP contribution >= 0.6 is 0 Å². The van der Waals surface area contributed by atoms with Crippen LogP contribution in [0.2, 0.25) is 0 Å². The molecule has 6 heteroatoms. The van der Waals surface area contributed by atoms with Gasteiger partial charge in [-0.05, 0) is 27.2 Å². The number of aliphatic imine (C=N–C) groups is 1. The highest BCUT2D eigenvalue weighted by Gasteiger charge is 2.15. The van der Waals surface area contributed by atoms with Gasteiger partial charge in [0.05, 0.1) is 6.20 Å². The van der Waals surface area contributed by atoms with Gasteiger partial charge in [-0.1, -0.05) is 0 Å². The number of alkyl carbamates (subject to hydrolysis) is 1. The summed E-state index contributed by atoms with van der Waals surface area (Å²) < 4.78 is 6.96. The molecule has 1 amide bonds. The Hall–Kier alpha value is -1.85. The average molecular weight is 266 g/mol. The number of rotatable bonds is 5. The largest absolute Gasteiger partial charge is 0.444 e. The summed E-state index contributed by atoms with van der Waals surface area (Å²) in [7, 11) is 1.72. The van der Waals surface area contributed by atoms with Crippen molar-refractivity contribution in [2.75, 3.05) is 13.6 Å². The fourth-order valence-electron chi connectivity index (χ4n) is 1.46. The van der Waals surface area contributed by atoms with Crippen molar-refractivity contribution in [3.63, 3.8) is 0 Å². The smallest absolute Gasteiger partial charge is 0.407 e. The number of hydrogen-bond donors (Lipinski definition) is 1. The van der Waals surface area contributed by atoms with Crippen molar-refractivity contribution >= 4 is 12.3 Å². The molecule has 0 atom stereocenters. The maximum atomic E-state index is 11.4. The van der Waals surface area contributed by atoms with Crippen LogP contribution in [-0.4, -0.2) is 41.3 Å². The second kappa shape index (κ2) is 6.92. The summed E-state index contributed by atoms with van der Waals surface area (Å²) in [5.41, 5.74) is 0.517. The standard InChI is InChI=1S/C13H22N4O2/c1-13(2,3)19-12(18)15-6-5-7-17-10-11(8-14-4)9-16-17/h8-10H,5-7H2,1-4H3,(H,15,18)/b14-8+. The lowest BCUT2D eigenvalue weighted by molar-refractivity contribution is 0.0526. The van der Waals surface area contributed by atoms with E-state index in [1.54, 1.807) is 19.5 Å². The zero-order valence-electron chi connectivity index (χ0n) is 12.0. The minimum atomic E-state index is -0.458. The zero-order valence-corrected chi connectivity index (χ0v) is 12.0. The van der Waals surface area contributed by atoms with Crippen molar-refractivity contribution in [1.82, 2.24) is 15.1 Å². The Morgan fingerprint density at radius 1 is 1.58 bits per heavy atom. The fourth-order valence-corrected chi connectivity index (χ4v) is 1.46. The second-order valence-corrected chi connectivity index (χ2v) is 5.21. The highest BCUT2D eigenvalue weighted by atomic mass is 16.6. The van der Waals surface area contributed by atoms with E-state index in [1.165, 1.54) is 0 Å². The van der Waals surface area contributed by atoms with Crippen LogP contribution in [0.5, 0.6) is 0 Å². The van der Waals surface area contributed by atoms with Crippen molar-refractivity contribution in [3.05, 3.63) is 18.0 Å². The van der Waals surface area contributed by atoms with Crippen molar-refractivity contribution in [2.24, 2.45) is 4.99 Å². The van der Waals surface area contributed by atoms with Crippen LogP contribution in [0.4, 0.5) is 4.79 Å². The van der Waals surface area contributed by atoms with E-state index in [0.29, 0.717) is 6.54 Å². The van der Waals surface area contributed by atoms with E-state index < -0.39 is 5.60 Å². The van der Waals surface area contributed by atoms with Crippen LogP contribution in [0.15, 0.2) is 17.4 Å². The molecule has 0 bridgehead atoms. The predicted molar refractivity (Wildman–Crippen MR) is 74.6 cm³/mol. The number of amides is 1. The quantitative estimate of drug-likeness (QED) is 0.653. The Bertz CT molecular complexity index is 432. The minimum Gasteiger partial charge on any atom is -0.444 e. The Kier molecular flexibility index (Phi) is 5.54. The minimum absolute atomic E-state index is 0.383. The Morgan fingerprint density at radius 3 is 2.95 bits per heavy atom. The summed E-state index contributed by atoms with van der Waals surface area (Å²) in [5, 5.41) is 6.91. The maximum absolute atomic E-state index is 11.4. The monoisotopic (exact) mass is 266 g/mol. The van der Waals surface area contributed by atoms with E-state index in [9.17, 15) is 4.79 Å². The van der Waals surface area contributed by atoms with Crippen molar-refractivity contribution in [2.45, 2.75) is 39.3 Å². The molecule has 106 valence electrons. The second-order valence-electron chi connectivity index (χ2n) is 5.21. The van der Waals surface area contributed by atoms with E-state index in [-0.39, 0.29) is 6.09 Å². The SMILES string of the molecule is C/N=C/c1cnn(CCCNC(=O)OC(C)(C)C)c1. The first-order valence-electron chi connectivity index (χ1n) is 6.32. The Labute approximate surface area is 113 Å². The molecule has 1 rings (SSSR count). The molecular formula is C13H22N4O2. The highest BCUT2D eigenvalue weighted by Crippen LogP contribution is 2.06. The van der Waals surface area contributed by atoms with E-state index in [2.05, 4.69) is 15.4 Å². The number of carbonyl (C=O) groups is 1. The van der Waals surface area contributed by atoms with Gasteiger partial charge in [-0.15, -0.1) is 0 Å². The lowest BCUT2D eigenvalue weighted by Crippen LogP contribution is -2.33. The molecule has 19 heavy (non-hydrogen) atoms. The summed E-state index contributed by atoms with van der Waals surface area (Å²) in [6.07, 6.45) is 5.84. The van der Waals surface area contributed by atoms with Gasteiger partial charge in [0.15, 0.2) is 0 Å². The van der Waals surface area contributed by atoms with Gasteiger partial charge in [0.2, 0.25) is 0 Å². The number of nitrogens with one attached hydrogen (secondary N) is 1. The van der Waals surface area contributed by atoms with Gasteiger partial charge in [-0.25, -0.2) is 4.79 Å². The number of aromatic nitrogens is 2. The molecule has 6 nitrogen and oxygen atoms in total. The molecule has 1 N–H and O–H groups in total. The lowest BCUT2D eigenvalue weighted by Gasteiger charge is -2.19. The number of carbonyl (C=O) groups excluding carboxylic acids is 1. The maximum Gasteiger partial charge on any atom is 0.407 e. The van der Waals surface area contributed by atoms with E-state index >= 15 is 0 Å². The van der Waals surface area contributed by atoms with Crippen LogP contribution in [0.3, 0.4) is 0 Å². The molecule has 0 unspecified atom stereocenters. The van der Waals surface area contributed by atoms with Crippen molar-refractivity contribution < 1.29 is 9.53 Å². The van der Waals surface area contributed by atoms with Crippen molar-refractivity contribution in [3.8, 4) is 0 Å². The van der Waals surface area contributed by atoms with Gasteiger partial charge in [-0.2, -0.15) is 5.10 Å². The summed E-state index contributed by atoms with van der Waals surface area (Å²) in [6, 6.07) is 0. The Morgan fingerprint density at radius 2 is 2.32 bits per heavy atom. The van der Waals surface area contributed by atoms with Gasteiger partial charge in [0.25, 0.3) is 0 Å². The third-order valence-corrected chi connectivity index (χ3v) is 2.16. The first-order valence-corrected chi connectivity index (χ1v) is 6.32.